The average molecular weight is 386 g/mol. The molecule has 2 aliphatic heterocycles. The highest BCUT2D eigenvalue weighted by Crippen LogP contribution is 2.41. The molecule has 3 heterocycles. The number of aromatic nitrogens is 1. The van der Waals surface area contributed by atoms with Gasteiger partial charge in [-0.15, -0.1) is 0 Å². The Labute approximate surface area is 171 Å². The van der Waals surface area contributed by atoms with Gasteiger partial charge in [-0.25, -0.2) is 0 Å². The van der Waals surface area contributed by atoms with Gasteiger partial charge in [-0.3, -0.25) is 9.78 Å². The number of piperidine rings is 1. The second-order valence-electron chi connectivity index (χ2n) is 8.26. The van der Waals surface area contributed by atoms with Crippen LogP contribution in [0.2, 0.25) is 0 Å². The van der Waals surface area contributed by atoms with Crippen LogP contribution in [0.3, 0.4) is 0 Å². The number of fused-ring (bicyclic) bond motifs is 2. The van der Waals surface area contributed by atoms with Gasteiger partial charge < -0.3 is 9.64 Å². The highest BCUT2D eigenvalue weighted by Gasteiger charge is 2.40. The lowest BCUT2D eigenvalue weighted by Crippen LogP contribution is -2.51. The minimum absolute atomic E-state index is 0.108. The molecule has 0 aliphatic carbocycles. The van der Waals surface area contributed by atoms with Crippen LogP contribution < -0.4 is 4.74 Å². The lowest BCUT2D eigenvalue weighted by atomic mass is 9.82. The first-order valence-corrected chi connectivity index (χ1v) is 10.6. The third kappa shape index (κ3) is 3.37. The highest BCUT2D eigenvalue weighted by molar-refractivity contribution is 5.83. The van der Waals surface area contributed by atoms with Gasteiger partial charge >= 0.3 is 0 Å². The topological polar surface area (TPSA) is 42.4 Å². The van der Waals surface area contributed by atoms with E-state index in [-0.39, 0.29) is 11.5 Å². The molecular weight excluding hydrogens is 360 g/mol. The van der Waals surface area contributed by atoms with Crippen molar-refractivity contribution in [2.75, 3.05) is 13.1 Å². The third-order valence-electron chi connectivity index (χ3n) is 6.49. The highest BCUT2D eigenvalue weighted by atomic mass is 16.5. The van der Waals surface area contributed by atoms with Crippen LogP contribution in [-0.4, -0.2) is 34.5 Å². The van der Waals surface area contributed by atoms with Crippen LogP contribution in [0, 0.1) is 0 Å². The Morgan fingerprint density at radius 1 is 1.07 bits per heavy atom. The van der Waals surface area contributed by atoms with E-state index >= 15 is 0 Å². The minimum Gasteiger partial charge on any atom is -0.487 e. The monoisotopic (exact) mass is 386 g/mol. The smallest absolute Gasteiger partial charge is 0.222 e. The van der Waals surface area contributed by atoms with E-state index in [4.69, 9.17) is 4.74 Å². The first-order chi connectivity index (χ1) is 14.2. The summed E-state index contributed by atoms with van der Waals surface area (Å²) in [5.41, 5.74) is 4.51. The van der Waals surface area contributed by atoms with Crippen LogP contribution in [0.15, 0.2) is 54.7 Å². The second-order valence-corrected chi connectivity index (χ2v) is 8.26. The standard InChI is InChI=1S/C25H26N2O2/c1-2-24(28)27-13-11-25(12-14-27)10-9-20-15-18(7-8-23(20)29-25)21-16-19-5-3-4-6-22(19)26-17-21/h3-8,15-17H,2,9-14H2,1H3. The molecule has 0 unspecified atom stereocenters. The first kappa shape index (κ1) is 18.2. The number of nitrogens with zero attached hydrogens (tertiary/aromatic N) is 2. The Kier molecular flexibility index (Phi) is 4.50. The number of carbonyl (C=O) groups is 1. The Morgan fingerprint density at radius 2 is 1.90 bits per heavy atom. The number of benzene rings is 2. The van der Waals surface area contributed by atoms with Crippen molar-refractivity contribution >= 4 is 16.8 Å². The second kappa shape index (κ2) is 7.18. The zero-order valence-corrected chi connectivity index (χ0v) is 16.9. The molecule has 1 aromatic heterocycles. The molecule has 29 heavy (non-hydrogen) atoms. The van der Waals surface area contributed by atoms with Crippen molar-refractivity contribution in [1.29, 1.82) is 0 Å². The van der Waals surface area contributed by atoms with E-state index in [1.165, 1.54) is 11.1 Å². The van der Waals surface area contributed by atoms with Gasteiger partial charge in [0.25, 0.3) is 0 Å². The van der Waals surface area contributed by atoms with E-state index < -0.39 is 0 Å². The molecule has 4 heteroatoms. The van der Waals surface area contributed by atoms with Crippen molar-refractivity contribution in [3.8, 4) is 16.9 Å². The van der Waals surface area contributed by atoms with Crippen LogP contribution in [0.25, 0.3) is 22.0 Å². The lowest BCUT2D eigenvalue weighted by Gasteiger charge is -2.44. The maximum atomic E-state index is 12.0. The molecule has 148 valence electrons. The summed E-state index contributed by atoms with van der Waals surface area (Å²) in [4.78, 5) is 18.6. The van der Waals surface area contributed by atoms with Crippen LogP contribution in [0.5, 0.6) is 5.75 Å². The fourth-order valence-electron chi connectivity index (χ4n) is 4.67. The zero-order valence-electron chi connectivity index (χ0n) is 16.9. The summed E-state index contributed by atoms with van der Waals surface area (Å²) in [7, 11) is 0. The van der Waals surface area contributed by atoms with Gasteiger partial charge in [0.05, 0.1) is 5.52 Å². The van der Waals surface area contributed by atoms with Gasteiger partial charge in [0.2, 0.25) is 5.91 Å². The van der Waals surface area contributed by atoms with E-state index in [0.29, 0.717) is 6.42 Å². The van der Waals surface area contributed by atoms with Crippen LogP contribution >= 0.6 is 0 Å². The van der Waals surface area contributed by atoms with Gasteiger partial charge in [-0.2, -0.15) is 0 Å². The molecule has 1 fully saturated rings. The first-order valence-electron chi connectivity index (χ1n) is 10.6. The van der Waals surface area contributed by atoms with Crippen LogP contribution in [0.1, 0.15) is 38.2 Å². The molecule has 0 N–H and O–H groups in total. The molecule has 4 nitrogen and oxygen atoms in total. The molecule has 2 aromatic carbocycles. The molecule has 1 amide bonds. The largest absolute Gasteiger partial charge is 0.487 e. The van der Waals surface area contributed by atoms with E-state index in [1.54, 1.807) is 0 Å². The number of aryl methyl sites for hydroxylation is 1. The molecule has 0 atom stereocenters. The predicted molar refractivity (Wildman–Crippen MR) is 115 cm³/mol. The van der Waals surface area contributed by atoms with Gasteiger partial charge in [-0.05, 0) is 48.2 Å². The number of rotatable bonds is 2. The SMILES string of the molecule is CCC(=O)N1CCC2(CCc3cc(-c4cnc5ccccc5c4)ccc3O2)CC1. The Morgan fingerprint density at radius 3 is 2.72 bits per heavy atom. The molecule has 0 bridgehead atoms. The number of carbonyl (C=O) groups excluding carboxylic acids is 1. The minimum atomic E-state index is -0.108. The van der Waals surface area contributed by atoms with E-state index in [9.17, 15) is 4.79 Å². The van der Waals surface area contributed by atoms with Crippen molar-refractivity contribution < 1.29 is 9.53 Å². The molecule has 3 aromatic rings. The number of hydrogen-bond donors (Lipinski definition) is 0. The summed E-state index contributed by atoms with van der Waals surface area (Å²) in [6, 6.07) is 16.9. The summed E-state index contributed by atoms with van der Waals surface area (Å²) < 4.78 is 6.53. The number of ether oxygens (including phenoxy) is 1. The summed E-state index contributed by atoms with van der Waals surface area (Å²) >= 11 is 0. The number of likely N-dealkylation sites (tertiary alicyclic amines) is 1. The Balaban J connectivity index is 1.36. The zero-order chi connectivity index (χ0) is 19.8. The fraction of sp³-hybridized carbons (Fsp3) is 0.360. The molecule has 0 saturated carbocycles. The molecule has 5 rings (SSSR count). The summed E-state index contributed by atoms with van der Waals surface area (Å²) in [6.07, 6.45) is 6.43. The summed E-state index contributed by atoms with van der Waals surface area (Å²) in [6.45, 7) is 3.55. The molecule has 0 radical (unpaired) electrons. The summed E-state index contributed by atoms with van der Waals surface area (Å²) in [5.74, 6) is 1.26. The maximum absolute atomic E-state index is 12.0. The van der Waals surface area contributed by atoms with Crippen molar-refractivity contribution in [2.24, 2.45) is 0 Å². The predicted octanol–water partition coefficient (Wildman–Crippen LogP) is 5.00. The van der Waals surface area contributed by atoms with Crippen LogP contribution in [-0.2, 0) is 11.2 Å². The van der Waals surface area contributed by atoms with Gasteiger partial charge in [0.15, 0.2) is 0 Å². The quantitative estimate of drug-likeness (QED) is 0.623. The van der Waals surface area contributed by atoms with Crippen LogP contribution in [0.4, 0.5) is 0 Å². The fourth-order valence-corrected chi connectivity index (χ4v) is 4.67. The van der Waals surface area contributed by atoms with Crippen molar-refractivity contribution in [3.05, 3.63) is 60.3 Å². The number of pyridine rings is 1. The molecule has 2 aliphatic rings. The third-order valence-corrected chi connectivity index (χ3v) is 6.49. The maximum Gasteiger partial charge on any atom is 0.222 e. The Hall–Kier alpha value is -2.88. The molecule has 1 spiro atoms. The normalized spacial score (nSPS) is 17.8. The van der Waals surface area contributed by atoms with Crippen molar-refractivity contribution in [1.82, 2.24) is 9.88 Å². The molecular formula is C25H26N2O2. The van der Waals surface area contributed by atoms with Crippen molar-refractivity contribution in [2.45, 2.75) is 44.6 Å². The van der Waals surface area contributed by atoms with E-state index in [1.807, 2.05) is 36.2 Å². The van der Waals surface area contributed by atoms with E-state index in [2.05, 4.69) is 35.3 Å². The van der Waals surface area contributed by atoms with Gasteiger partial charge in [-0.1, -0.05) is 31.2 Å². The lowest BCUT2D eigenvalue weighted by molar-refractivity contribution is -0.134. The Bertz CT molecular complexity index is 1070. The summed E-state index contributed by atoms with van der Waals surface area (Å²) in [5, 5.41) is 1.16. The van der Waals surface area contributed by atoms with Gasteiger partial charge in [0.1, 0.15) is 11.4 Å². The number of para-hydroxylation sites is 1. The average Bonchev–Trinajstić information content (AvgIpc) is 2.78. The van der Waals surface area contributed by atoms with Gasteiger partial charge in [0, 0.05) is 49.5 Å². The number of amides is 1. The van der Waals surface area contributed by atoms with E-state index in [0.717, 1.165) is 61.0 Å². The van der Waals surface area contributed by atoms with Crippen molar-refractivity contribution in [3.63, 3.8) is 0 Å². The molecule has 1 saturated heterocycles. The number of hydrogen-bond acceptors (Lipinski definition) is 3.